The minimum absolute atomic E-state index is 0. The van der Waals surface area contributed by atoms with Crippen molar-refractivity contribution in [3.05, 3.63) is 40.2 Å². The first-order valence-electron chi connectivity index (χ1n) is 4.99. The summed E-state index contributed by atoms with van der Waals surface area (Å²) in [5, 5.41) is 10.5. The van der Waals surface area contributed by atoms with E-state index >= 15 is 0 Å². The second kappa shape index (κ2) is 26.2. The van der Waals surface area contributed by atoms with Gasteiger partial charge in [-0.2, -0.15) is 42.3 Å². The van der Waals surface area contributed by atoms with E-state index in [1.165, 1.54) is 12.1 Å². The second-order valence-corrected chi connectivity index (χ2v) is 5.52. The van der Waals surface area contributed by atoms with Crippen molar-refractivity contribution in [2.75, 3.05) is 42.3 Å². The van der Waals surface area contributed by atoms with E-state index in [0.29, 0.717) is 0 Å². The average molecular weight is 399 g/mol. The Labute approximate surface area is 135 Å². The molecule has 0 fully saturated rings. The number of nitrogens with zero attached hydrogens (tertiary/aromatic N) is 3. The van der Waals surface area contributed by atoms with E-state index < -0.39 is 15.3 Å². The maximum absolute atomic E-state index is 11.8. The number of rotatable bonds is 1. The first kappa shape index (κ1) is 27.0. The van der Waals surface area contributed by atoms with Gasteiger partial charge in [-0.15, -0.1) is 0 Å². The Morgan fingerprint density at radius 3 is 1.11 bits per heavy atom. The number of hydrogen-bond acceptors (Lipinski definition) is 0. The molecular formula is C11H23F2GeN3Zr. The summed E-state index contributed by atoms with van der Waals surface area (Å²) in [5.41, 5.74) is 0. The van der Waals surface area contributed by atoms with Crippen LogP contribution >= 0.6 is 0 Å². The fourth-order valence-electron chi connectivity index (χ4n) is 0.534. The zero-order chi connectivity index (χ0) is 14.1. The van der Waals surface area contributed by atoms with Crippen LogP contribution in [0.2, 0.25) is 0 Å². The summed E-state index contributed by atoms with van der Waals surface area (Å²) in [5.74, 6) is 0. The molecule has 1 aromatic carbocycles. The maximum Gasteiger partial charge on any atom is 4.00 e. The van der Waals surface area contributed by atoms with Crippen LogP contribution in [0, 0.1) is 0 Å². The molecule has 0 saturated heterocycles. The molecule has 0 aliphatic rings. The van der Waals surface area contributed by atoms with E-state index in [9.17, 15) is 7.00 Å². The van der Waals surface area contributed by atoms with Gasteiger partial charge in [0.1, 0.15) is 0 Å². The molecule has 0 aliphatic heterocycles. The van der Waals surface area contributed by atoms with Gasteiger partial charge in [-0.3, -0.25) is 0 Å². The maximum atomic E-state index is 11.8. The molecule has 1 aromatic rings. The minimum Gasteiger partial charge on any atom is 4.00 e. The Morgan fingerprint density at radius 1 is 0.778 bits per heavy atom. The van der Waals surface area contributed by atoms with Crippen molar-refractivity contribution in [3.8, 4) is 0 Å². The molecule has 7 heteroatoms. The second-order valence-electron chi connectivity index (χ2n) is 2.86. The topological polar surface area (TPSA) is 42.3 Å². The Balaban J connectivity index is -0.0000000840. The Hall–Kier alpha value is 0.516. The van der Waals surface area contributed by atoms with Gasteiger partial charge in [0.2, 0.25) is 0 Å². The molecule has 3 nitrogen and oxygen atoms in total. The van der Waals surface area contributed by atoms with Crippen LogP contribution in [-0.2, 0) is 26.2 Å². The van der Waals surface area contributed by atoms with E-state index in [2.05, 4.69) is 16.0 Å². The molecule has 0 aromatic heterocycles. The molecule has 0 N–H and O–H groups in total. The SMILES string of the molecule is C[N-]C.C[N-]C.C[N-]C.[F][GeH]([F])[c-]1cccc1.[Zr+4]. The molecule has 104 valence electrons. The van der Waals surface area contributed by atoms with Crippen LogP contribution < -0.4 is 4.40 Å². The van der Waals surface area contributed by atoms with Crippen LogP contribution in [0.5, 0.6) is 0 Å². The molecule has 0 unspecified atom stereocenters. The average Bonchev–Trinajstić information content (AvgIpc) is 2.73. The zero-order valence-corrected chi connectivity index (χ0v) is 16.9. The van der Waals surface area contributed by atoms with Crippen LogP contribution in [0.1, 0.15) is 0 Å². The molecule has 0 radical (unpaired) electrons. The van der Waals surface area contributed by atoms with Gasteiger partial charge in [0, 0.05) is 0 Å². The fourth-order valence-corrected chi connectivity index (χ4v) is 1.61. The summed E-state index contributed by atoms with van der Waals surface area (Å²) in [7, 11) is 10.5. The molecule has 0 aliphatic carbocycles. The molecule has 0 bridgehead atoms. The van der Waals surface area contributed by atoms with Gasteiger partial charge in [-0.05, 0) is 0 Å². The Kier molecular flexibility index (Phi) is 39.2. The molecule has 1 rings (SSSR count). The van der Waals surface area contributed by atoms with Crippen molar-refractivity contribution in [1.29, 1.82) is 0 Å². The van der Waals surface area contributed by atoms with E-state index in [-0.39, 0.29) is 30.6 Å². The first-order valence-corrected chi connectivity index (χ1v) is 8.03. The van der Waals surface area contributed by atoms with Crippen molar-refractivity contribution in [2.24, 2.45) is 0 Å². The largest absolute Gasteiger partial charge is 4.00 e. The van der Waals surface area contributed by atoms with E-state index in [1.54, 1.807) is 54.4 Å². The molecule has 0 spiro atoms. The normalized spacial score (nSPS) is 7.61. The van der Waals surface area contributed by atoms with Gasteiger partial charge < -0.3 is 16.0 Å². The fraction of sp³-hybridized carbons (Fsp3) is 0.545. The van der Waals surface area contributed by atoms with Crippen molar-refractivity contribution >= 4 is 19.7 Å². The van der Waals surface area contributed by atoms with Gasteiger partial charge in [-0.1, -0.05) is 0 Å². The van der Waals surface area contributed by atoms with Crippen LogP contribution in [0.15, 0.2) is 24.3 Å². The van der Waals surface area contributed by atoms with Gasteiger partial charge in [0.05, 0.1) is 0 Å². The van der Waals surface area contributed by atoms with Gasteiger partial charge >= 0.3 is 77.1 Å². The predicted octanol–water partition coefficient (Wildman–Crippen LogP) is 2.63. The molecule has 18 heavy (non-hydrogen) atoms. The zero-order valence-electron chi connectivity index (χ0n) is 12.0. The summed E-state index contributed by atoms with van der Waals surface area (Å²) in [4.78, 5) is 0. The minimum atomic E-state index is -3.89. The van der Waals surface area contributed by atoms with Gasteiger partial charge in [-0.25, -0.2) is 0 Å². The molecule has 0 saturated carbocycles. The van der Waals surface area contributed by atoms with Crippen molar-refractivity contribution < 1.29 is 33.2 Å². The summed E-state index contributed by atoms with van der Waals surface area (Å²) >= 11 is -3.89. The standard InChI is InChI=1S/C5H5F2Ge.3C2H6N.Zr/c6-8(7)5-3-1-2-4-5;3*1-3-2;/h1-4,8H;3*1-2H3;/q4*-1;+4. The van der Waals surface area contributed by atoms with Crippen molar-refractivity contribution in [3.63, 3.8) is 0 Å². The summed E-state index contributed by atoms with van der Waals surface area (Å²) in [6, 6.07) is 6.27. The molecule has 0 heterocycles. The molecular weight excluding hydrogens is 376 g/mol. The van der Waals surface area contributed by atoms with Crippen LogP contribution in [0.25, 0.3) is 16.0 Å². The van der Waals surface area contributed by atoms with E-state index in [4.69, 9.17) is 0 Å². The van der Waals surface area contributed by atoms with Crippen LogP contribution in [0.3, 0.4) is 0 Å². The Morgan fingerprint density at radius 2 is 1.00 bits per heavy atom. The van der Waals surface area contributed by atoms with Crippen LogP contribution in [0.4, 0.5) is 7.00 Å². The molecule has 0 amide bonds. The summed E-state index contributed by atoms with van der Waals surface area (Å²) < 4.78 is 23.9. The summed E-state index contributed by atoms with van der Waals surface area (Å²) in [6.07, 6.45) is 0. The van der Waals surface area contributed by atoms with Gasteiger partial charge in [0.15, 0.2) is 0 Å². The van der Waals surface area contributed by atoms with Crippen LogP contribution in [-0.4, -0.2) is 57.6 Å². The van der Waals surface area contributed by atoms with E-state index in [1.807, 2.05) is 0 Å². The third kappa shape index (κ3) is 30.0. The van der Waals surface area contributed by atoms with E-state index in [0.717, 1.165) is 0 Å². The summed E-state index contributed by atoms with van der Waals surface area (Å²) in [6.45, 7) is 0. The quantitative estimate of drug-likeness (QED) is 0.515. The predicted molar refractivity (Wildman–Crippen MR) is 76.7 cm³/mol. The smallest absolute Gasteiger partial charge is 4.00 e. The van der Waals surface area contributed by atoms with Gasteiger partial charge in [0.25, 0.3) is 0 Å². The molecule has 0 atom stereocenters. The third-order valence-electron chi connectivity index (χ3n) is 0.940. The number of hydrogen-bond donors (Lipinski definition) is 0. The Bertz CT molecular complexity index is 195. The third-order valence-corrected chi connectivity index (χ3v) is 2.81. The first-order chi connectivity index (χ1) is 8.05. The van der Waals surface area contributed by atoms with Crippen molar-refractivity contribution in [1.82, 2.24) is 0 Å². The monoisotopic (exact) mass is 399 g/mol. The number of halogens is 2. The van der Waals surface area contributed by atoms with Crippen molar-refractivity contribution in [2.45, 2.75) is 0 Å².